The third kappa shape index (κ3) is 1.81. The Hall–Kier alpha value is -0.870. The maximum absolute atomic E-state index is 6.20. The molecule has 1 aliphatic heterocycles. The molecule has 4 nitrogen and oxygen atoms in total. The van der Waals surface area contributed by atoms with E-state index in [1.807, 2.05) is 17.8 Å². The van der Waals surface area contributed by atoms with Crippen molar-refractivity contribution in [3.8, 4) is 0 Å². The van der Waals surface area contributed by atoms with Crippen molar-refractivity contribution in [1.82, 2.24) is 9.78 Å². The molecule has 0 aromatic carbocycles. The third-order valence-electron chi connectivity index (χ3n) is 2.97. The van der Waals surface area contributed by atoms with Gasteiger partial charge in [0.15, 0.2) is 0 Å². The van der Waals surface area contributed by atoms with E-state index in [1.54, 1.807) is 6.20 Å². The molecular weight excluding hydrogens is 178 g/mol. The molecule has 1 unspecified atom stereocenters. The number of aromatic nitrogens is 2. The number of aryl methyl sites for hydroxylation is 1. The highest BCUT2D eigenvalue weighted by Crippen LogP contribution is 2.27. The van der Waals surface area contributed by atoms with Crippen molar-refractivity contribution >= 4 is 0 Å². The van der Waals surface area contributed by atoms with Crippen LogP contribution in [0.1, 0.15) is 24.6 Å². The number of nitrogens with zero attached hydrogens (tertiary/aromatic N) is 2. The number of rotatable bonds is 2. The van der Waals surface area contributed by atoms with Crippen LogP contribution >= 0.6 is 0 Å². The zero-order chi connectivity index (χ0) is 9.97. The number of hydrogen-bond donors (Lipinski definition) is 1. The summed E-state index contributed by atoms with van der Waals surface area (Å²) < 4.78 is 7.18. The molecule has 2 N–H and O–H groups in total. The average Bonchev–Trinajstić information content (AvgIpc) is 2.65. The lowest BCUT2D eigenvalue weighted by molar-refractivity contribution is 0.0575. The molecular formula is C10H17N3O. The zero-order valence-electron chi connectivity index (χ0n) is 8.52. The Morgan fingerprint density at radius 1 is 1.57 bits per heavy atom. The van der Waals surface area contributed by atoms with Crippen molar-refractivity contribution in [3.05, 3.63) is 18.0 Å². The molecule has 0 aliphatic carbocycles. The van der Waals surface area contributed by atoms with Crippen LogP contribution in [0.3, 0.4) is 0 Å². The molecule has 14 heavy (non-hydrogen) atoms. The average molecular weight is 195 g/mol. The zero-order valence-corrected chi connectivity index (χ0v) is 8.52. The molecule has 2 rings (SSSR count). The molecule has 1 fully saturated rings. The van der Waals surface area contributed by atoms with Crippen LogP contribution < -0.4 is 5.73 Å². The molecule has 1 saturated heterocycles. The van der Waals surface area contributed by atoms with Crippen molar-refractivity contribution < 1.29 is 4.74 Å². The van der Waals surface area contributed by atoms with Crippen LogP contribution in [0.5, 0.6) is 0 Å². The van der Waals surface area contributed by atoms with E-state index in [9.17, 15) is 0 Å². The van der Waals surface area contributed by atoms with E-state index in [0.29, 0.717) is 5.92 Å². The third-order valence-corrected chi connectivity index (χ3v) is 2.97. The van der Waals surface area contributed by atoms with Gasteiger partial charge in [-0.25, -0.2) is 0 Å². The first-order chi connectivity index (χ1) is 6.79. The van der Waals surface area contributed by atoms with Crippen LogP contribution in [-0.4, -0.2) is 23.0 Å². The molecule has 0 amide bonds. The van der Waals surface area contributed by atoms with E-state index in [4.69, 9.17) is 10.5 Å². The molecule has 1 aromatic heterocycles. The summed E-state index contributed by atoms with van der Waals surface area (Å²) in [5.41, 5.74) is 7.32. The Morgan fingerprint density at radius 3 is 2.86 bits per heavy atom. The van der Waals surface area contributed by atoms with Gasteiger partial charge < -0.3 is 10.5 Å². The summed E-state index contributed by atoms with van der Waals surface area (Å²) in [7, 11) is 1.94. The van der Waals surface area contributed by atoms with Crippen LogP contribution in [-0.2, 0) is 11.8 Å². The van der Waals surface area contributed by atoms with Crippen molar-refractivity contribution in [2.75, 3.05) is 13.2 Å². The van der Waals surface area contributed by atoms with Gasteiger partial charge in [-0.2, -0.15) is 5.10 Å². The summed E-state index contributed by atoms with van der Waals surface area (Å²) in [5.74, 6) is 0.541. The fourth-order valence-electron chi connectivity index (χ4n) is 2.03. The van der Waals surface area contributed by atoms with Gasteiger partial charge in [-0.15, -0.1) is 0 Å². The predicted molar refractivity (Wildman–Crippen MR) is 53.7 cm³/mol. The molecule has 2 heterocycles. The molecule has 1 aromatic rings. The van der Waals surface area contributed by atoms with Gasteiger partial charge in [-0.1, -0.05) is 0 Å². The van der Waals surface area contributed by atoms with Crippen LogP contribution in [0.25, 0.3) is 0 Å². The summed E-state index contributed by atoms with van der Waals surface area (Å²) in [4.78, 5) is 0. The highest BCUT2D eigenvalue weighted by molar-refractivity contribution is 5.07. The lowest BCUT2D eigenvalue weighted by Gasteiger charge is -2.27. The van der Waals surface area contributed by atoms with Crippen molar-refractivity contribution in [3.63, 3.8) is 0 Å². The normalized spacial score (nSPS) is 21.0. The molecule has 4 heteroatoms. The Labute approximate surface area is 84.0 Å². The van der Waals surface area contributed by atoms with Gasteiger partial charge in [0, 0.05) is 32.5 Å². The van der Waals surface area contributed by atoms with Crippen LogP contribution in [0.2, 0.25) is 0 Å². The minimum atomic E-state index is 0.103. The topological polar surface area (TPSA) is 53.1 Å². The van der Waals surface area contributed by atoms with E-state index in [-0.39, 0.29) is 6.04 Å². The Balaban J connectivity index is 2.07. The molecule has 0 spiro atoms. The molecule has 0 saturated carbocycles. The first kappa shape index (κ1) is 9.68. The SMILES string of the molecule is Cn1nccc1C(N)C1CCOCC1. The Kier molecular flexibility index (Phi) is 2.84. The van der Waals surface area contributed by atoms with Gasteiger partial charge in [-0.3, -0.25) is 4.68 Å². The summed E-state index contributed by atoms with van der Waals surface area (Å²) in [5, 5.41) is 4.14. The highest BCUT2D eigenvalue weighted by Gasteiger charge is 2.23. The van der Waals surface area contributed by atoms with Gasteiger partial charge in [0.25, 0.3) is 0 Å². The summed E-state index contributed by atoms with van der Waals surface area (Å²) in [6, 6.07) is 2.10. The van der Waals surface area contributed by atoms with Gasteiger partial charge in [0.1, 0.15) is 0 Å². The minimum Gasteiger partial charge on any atom is -0.381 e. The van der Waals surface area contributed by atoms with E-state index in [0.717, 1.165) is 31.7 Å². The fraction of sp³-hybridized carbons (Fsp3) is 0.700. The molecule has 1 aliphatic rings. The predicted octanol–water partition coefficient (Wildman–Crippen LogP) is 0.847. The second-order valence-corrected chi connectivity index (χ2v) is 3.86. The quantitative estimate of drug-likeness (QED) is 0.761. The van der Waals surface area contributed by atoms with E-state index >= 15 is 0 Å². The lowest BCUT2D eigenvalue weighted by atomic mass is 9.90. The van der Waals surface area contributed by atoms with Crippen LogP contribution in [0, 0.1) is 5.92 Å². The second kappa shape index (κ2) is 4.11. The first-order valence-electron chi connectivity index (χ1n) is 5.10. The second-order valence-electron chi connectivity index (χ2n) is 3.86. The standard InChI is InChI=1S/C10H17N3O/c1-13-9(2-5-12-13)10(11)8-3-6-14-7-4-8/h2,5,8,10H,3-4,6-7,11H2,1H3. The van der Waals surface area contributed by atoms with Crippen molar-refractivity contribution in [2.24, 2.45) is 18.7 Å². The molecule has 78 valence electrons. The smallest absolute Gasteiger partial charge is 0.0550 e. The maximum Gasteiger partial charge on any atom is 0.0550 e. The van der Waals surface area contributed by atoms with Crippen LogP contribution in [0.15, 0.2) is 12.3 Å². The Bertz CT molecular complexity index is 291. The lowest BCUT2D eigenvalue weighted by Crippen LogP contribution is -2.28. The van der Waals surface area contributed by atoms with Gasteiger partial charge in [0.2, 0.25) is 0 Å². The number of hydrogen-bond acceptors (Lipinski definition) is 3. The Morgan fingerprint density at radius 2 is 2.29 bits per heavy atom. The van der Waals surface area contributed by atoms with Gasteiger partial charge in [-0.05, 0) is 24.8 Å². The molecule has 0 bridgehead atoms. The van der Waals surface area contributed by atoms with Crippen LogP contribution in [0.4, 0.5) is 0 Å². The first-order valence-corrected chi connectivity index (χ1v) is 5.10. The number of nitrogens with two attached hydrogens (primary N) is 1. The molecule has 1 atom stereocenters. The van der Waals surface area contributed by atoms with Crippen molar-refractivity contribution in [1.29, 1.82) is 0 Å². The van der Waals surface area contributed by atoms with E-state index in [2.05, 4.69) is 5.10 Å². The largest absolute Gasteiger partial charge is 0.381 e. The fourth-order valence-corrected chi connectivity index (χ4v) is 2.03. The van der Waals surface area contributed by atoms with Crippen molar-refractivity contribution in [2.45, 2.75) is 18.9 Å². The molecule has 0 radical (unpaired) electrons. The monoisotopic (exact) mass is 195 g/mol. The highest BCUT2D eigenvalue weighted by atomic mass is 16.5. The van der Waals surface area contributed by atoms with E-state index < -0.39 is 0 Å². The maximum atomic E-state index is 6.20. The van der Waals surface area contributed by atoms with E-state index in [1.165, 1.54) is 0 Å². The summed E-state index contributed by atoms with van der Waals surface area (Å²) in [6.45, 7) is 1.69. The van der Waals surface area contributed by atoms with Gasteiger partial charge >= 0.3 is 0 Å². The number of ether oxygens (including phenoxy) is 1. The summed E-state index contributed by atoms with van der Waals surface area (Å²) >= 11 is 0. The van der Waals surface area contributed by atoms with Gasteiger partial charge in [0.05, 0.1) is 5.69 Å². The summed E-state index contributed by atoms with van der Waals surface area (Å²) in [6.07, 6.45) is 3.92. The minimum absolute atomic E-state index is 0.103.